The van der Waals surface area contributed by atoms with E-state index in [0.717, 1.165) is 4.47 Å². The minimum absolute atomic E-state index is 0.0565. The van der Waals surface area contributed by atoms with Crippen molar-refractivity contribution in [2.75, 3.05) is 19.3 Å². The summed E-state index contributed by atoms with van der Waals surface area (Å²) in [5.41, 5.74) is 0.450. The van der Waals surface area contributed by atoms with Crippen LogP contribution in [0.1, 0.15) is 10.4 Å². The lowest BCUT2D eigenvalue weighted by Crippen LogP contribution is -2.33. The number of nitrogens with one attached hydrogen (secondary N) is 2. The van der Waals surface area contributed by atoms with Crippen LogP contribution in [0.4, 0.5) is 0 Å². The van der Waals surface area contributed by atoms with Gasteiger partial charge in [0.1, 0.15) is 0 Å². The molecule has 0 aliphatic rings. The van der Waals surface area contributed by atoms with Crippen LogP contribution in [0.5, 0.6) is 0 Å². The van der Waals surface area contributed by atoms with Gasteiger partial charge in [-0.05, 0) is 41.2 Å². The zero-order valence-electron chi connectivity index (χ0n) is 9.54. The number of amides is 1. The highest BCUT2D eigenvalue weighted by atomic mass is 79.9. The van der Waals surface area contributed by atoms with Gasteiger partial charge in [0.05, 0.1) is 11.3 Å². The molecule has 0 saturated heterocycles. The summed E-state index contributed by atoms with van der Waals surface area (Å²) < 4.78 is 25.9. The molecule has 0 aromatic heterocycles. The molecule has 0 fully saturated rings. The molecule has 5 nitrogen and oxygen atoms in total. The third-order valence-electron chi connectivity index (χ3n) is 2.14. The lowest BCUT2D eigenvalue weighted by Gasteiger charge is -2.07. The second-order valence-corrected chi connectivity index (χ2v) is 7.22. The Balaban J connectivity index is 2.64. The van der Waals surface area contributed by atoms with Gasteiger partial charge in [-0.1, -0.05) is 15.9 Å². The first-order valence-corrected chi connectivity index (χ1v) is 8.24. The molecular weight excluding hydrogens is 388 g/mol. The number of benzene rings is 1. The number of sulfonamides is 1. The van der Waals surface area contributed by atoms with Gasteiger partial charge in [0, 0.05) is 15.5 Å². The van der Waals surface area contributed by atoms with Gasteiger partial charge >= 0.3 is 0 Å². The summed E-state index contributed by atoms with van der Waals surface area (Å²) in [6.07, 6.45) is 0. The van der Waals surface area contributed by atoms with Crippen molar-refractivity contribution in [1.82, 2.24) is 10.0 Å². The van der Waals surface area contributed by atoms with Crippen LogP contribution in [-0.2, 0) is 10.0 Å². The zero-order valence-corrected chi connectivity index (χ0v) is 13.5. The van der Waals surface area contributed by atoms with E-state index in [1.165, 1.54) is 7.05 Å². The van der Waals surface area contributed by atoms with Gasteiger partial charge in [0.15, 0.2) is 0 Å². The van der Waals surface area contributed by atoms with E-state index >= 15 is 0 Å². The predicted octanol–water partition coefficient (Wildman–Crippen LogP) is 1.49. The van der Waals surface area contributed by atoms with Gasteiger partial charge < -0.3 is 5.32 Å². The molecule has 18 heavy (non-hydrogen) atoms. The number of hydrogen-bond acceptors (Lipinski definition) is 3. The van der Waals surface area contributed by atoms with Crippen molar-refractivity contribution in [2.24, 2.45) is 0 Å². The molecule has 1 aromatic carbocycles. The molecule has 2 N–H and O–H groups in total. The van der Waals surface area contributed by atoms with Crippen LogP contribution in [0.3, 0.4) is 0 Å². The Bertz CT molecular complexity index is 546. The Morgan fingerprint density at radius 1 is 1.33 bits per heavy atom. The van der Waals surface area contributed by atoms with Crippen LogP contribution in [0.25, 0.3) is 0 Å². The average Bonchev–Trinajstić information content (AvgIpc) is 2.32. The number of hydrogen-bond donors (Lipinski definition) is 2. The first-order valence-electron chi connectivity index (χ1n) is 5.00. The summed E-state index contributed by atoms with van der Waals surface area (Å²) in [5.74, 6) is -0.476. The van der Waals surface area contributed by atoms with E-state index in [4.69, 9.17) is 0 Å². The highest BCUT2D eigenvalue weighted by Crippen LogP contribution is 2.21. The van der Waals surface area contributed by atoms with Gasteiger partial charge in [-0.2, -0.15) is 0 Å². The van der Waals surface area contributed by atoms with Gasteiger partial charge in [-0.15, -0.1) is 0 Å². The van der Waals surface area contributed by atoms with E-state index in [2.05, 4.69) is 41.9 Å². The van der Waals surface area contributed by atoms with E-state index in [9.17, 15) is 13.2 Å². The maximum atomic E-state index is 11.8. The molecule has 0 radical (unpaired) electrons. The Morgan fingerprint density at radius 3 is 2.61 bits per heavy atom. The summed E-state index contributed by atoms with van der Waals surface area (Å²) in [6, 6.07) is 5.20. The van der Waals surface area contributed by atoms with Crippen molar-refractivity contribution in [3.8, 4) is 0 Å². The summed E-state index contributed by atoms with van der Waals surface area (Å²) in [7, 11) is -1.97. The molecule has 1 aromatic rings. The molecule has 0 heterocycles. The highest BCUT2D eigenvalue weighted by molar-refractivity contribution is 9.11. The number of halogens is 2. The van der Waals surface area contributed by atoms with E-state index in [0.29, 0.717) is 10.0 Å². The van der Waals surface area contributed by atoms with E-state index in [-0.39, 0.29) is 18.2 Å². The highest BCUT2D eigenvalue weighted by Gasteiger charge is 2.12. The summed E-state index contributed by atoms with van der Waals surface area (Å²) in [4.78, 5) is 11.8. The van der Waals surface area contributed by atoms with Crippen LogP contribution in [0, 0.1) is 0 Å². The molecule has 1 rings (SSSR count). The largest absolute Gasteiger partial charge is 0.351 e. The lowest BCUT2D eigenvalue weighted by molar-refractivity contribution is 0.0955. The van der Waals surface area contributed by atoms with Crippen molar-refractivity contribution in [3.63, 3.8) is 0 Å². The fourth-order valence-electron chi connectivity index (χ4n) is 1.17. The van der Waals surface area contributed by atoms with Gasteiger partial charge in [0.2, 0.25) is 10.0 Å². The Labute approximate surface area is 123 Å². The molecule has 0 aliphatic carbocycles. The number of rotatable bonds is 5. The Kier molecular flexibility index (Phi) is 5.77. The first-order chi connectivity index (χ1) is 8.35. The zero-order chi connectivity index (χ0) is 13.8. The average molecular weight is 400 g/mol. The van der Waals surface area contributed by atoms with Crippen molar-refractivity contribution in [2.45, 2.75) is 0 Å². The maximum Gasteiger partial charge on any atom is 0.252 e. The fourth-order valence-corrected chi connectivity index (χ4v) is 2.53. The molecule has 8 heteroatoms. The summed E-state index contributed by atoms with van der Waals surface area (Å²) in [5, 5.41) is 2.55. The maximum absolute atomic E-state index is 11.8. The van der Waals surface area contributed by atoms with E-state index in [1.807, 2.05) is 0 Å². The molecule has 0 atom stereocenters. The SMILES string of the molecule is CNS(=O)(=O)CCNC(=O)c1cc(Br)ccc1Br. The molecular formula is C10H12Br2N2O3S. The second kappa shape index (κ2) is 6.65. The van der Waals surface area contributed by atoms with Gasteiger partial charge in [-0.25, -0.2) is 13.1 Å². The molecule has 0 bridgehead atoms. The van der Waals surface area contributed by atoms with Gasteiger partial charge in [-0.3, -0.25) is 4.79 Å². The minimum atomic E-state index is -3.30. The normalized spacial score (nSPS) is 11.3. The standard InChI is InChI=1S/C10H12Br2N2O3S/c1-13-18(16,17)5-4-14-10(15)8-6-7(11)2-3-9(8)12/h2-3,6,13H,4-5H2,1H3,(H,14,15). The Morgan fingerprint density at radius 2 is 2.00 bits per heavy atom. The van der Waals surface area contributed by atoms with Crippen LogP contribution < -0.4 is 10.0 Å². The lowest BCUT2D eigenvalue weighted by atomic mass is 10.2. The molecule has 0 unspecified atom stereocenters. The number of carbonyl (C=O) groups is 1. The van der Waals surface area contributed by atoms with Crippen LogP contribution in [0.15, 0.2) is 27.1 Å². The number of carbonyl (C=O) groups excluding carboxylic acids is 1. The molecule has 0 spiro atoms. The van der Waals surface area contributed by atoms with Crippen molar-refractivity contribution < 1.29 is 13.2 Å². The predicted molar refractivity (Wildman–Crippen MR) is 77.0 cm³/mol. The summed E-state index contributed by atoms with van der Waals surface area (Å²) >= 11 is 6.53. The molecule has 1 amide bonds. The van der Waals surface area contributed by atoms with Crippen molar-refractivity contribution in [3.05, 3.63) is 32.7 Å². The van der Waals surface area contributed by atoms with Crippen LogP contribution in [-0.4, -0.2) is 33.7 Å². The van der Waals surface area contributed by atoms with E-state index in [1.54, 1.807) is 18.2 Å². The molecule has 100 valence electrons. The van der Waals surface area contributed by atoms with Crippen molar-refractivity contribution in [1.29, 1.82) is 0 Å². The van der Waals surface area contributed by atoms with E-state index < -0.39 is 10.0 Å². The smallest absolute Gasteiger partial charge is 0.252 e. The third kappa shape index (κ3) is 4.68. The van der Waals surface area contributed by atoms with Gasteiger partial charge in [0.25, 0.3) is 5.91 Å². The van der Waals surface area contributed by atoms with Crippen LogP contribution in [0.2, 0.25) is 0 Å². The molecule has 0 aliphatic heterocycles. The summed E-state index contributed by atoms with van der Waals surface area (Å²) in [6.45, 7) is 0.0565. The van der Waals surface area contributed by atoms with Crippen molar-refractivity contribution >= 4 is 47.8 Å². The molecule has 0 saturated carbocycles. The second-order valence-electron chi connectivity index (χ2n) is 3.40. The quantitative estimate of drug-likeness (QED) is 0.787. The minimum Gasteiger partial charge on any atom is -0.351 e. The third-order valence-corrected chi connectivity index (χ3v) is 4.69. The topological polar surface area (TPSA) is 75.3 Å². The first kappa shape index (κ1) is 15.6. The monoisotopic (exact) mass is 398 g/mol. The Hall–Kier alpha value is -0.440. The van der Waals surface area contributed by atoms with Crippen LogP contribution >= 0.6 is 31.9 Å². The fraction of sp³-hybridized carbons (Fsp3) is 0.300.